The Hall–Kier alpha value is -3.65. The van der Waals surface area contributed by atoms with Crippen LogP contribution in [0.25, 0.3) is 16.7 Å². The average Bonchev–Trinajstić information content (AvgIpc) is 3.22. The summed E-state index contributed by atoms with van der Waals surface area (Å²) in [5.41, 5.74) is 3.42. The summed E-state index contributed by atoms with van der Waals surface area (Å²) in [6.07, 6.45) is 1.76. The number of aromatic nitrogens is 4. The Morgan fingerprint density at radius 3 is 2.40 bits per heavy atom. The summed E-state index contributed by atoms with van der Waals surface area (Å²) in [5, 5.41) is 9.37. The lowest BCUT2D eigenvalue weighted by Gasteiger charge is -2.35. The standard InChI is InChI=1S/C26H28ClN7O/c1-3-7-22-29-24(23-18(2)31-34(25(23)30-22)21-8-5-4-6-9-21)32-14-16-33(17-15-32)26(35)28-20-12-10-19(27)11-13-20/h4-6,8-13H,3,7,14-17H2,1-2H3,(H,28,35). The number of aryl methyl sites for hydroxylation is 2. The van der Waals surface area contributed by atoms with Crippen LogP contribution < -0.4 is 10.2 Å². The number of hydrogen-bond donors (Lipinski definition) is 1. The van der Waals surface area contributed by atoms with Crippen LogP contribution >= 0.6 is 11.6 Å². The fourth-order valence-electron chi connectivity index (χ4n) is 4.38. The van der Waals surface area contributed by atoms with Gasteiger partial charge in [-0.05, 0) is 49.7 Å². The number of rotatable bonds is 5. The van der Waals surface area contributed by atoms with E-state index in [0.29, 0.717) is 31.2 Å². The lowest BCUT2D eigenvalue weighted by atomic mass is 10.2. The largest absolute Gasteiger partial charge is 0.352 e. The second-order valence-electron chi connectivity index (χ2n) is 8.66. The molecule has 9 heteroatoms. The molecule has 1 N–H and O–H groups in total. The smallest absolute Gasteiger partial charge is 0.321 e. The van der Waals surface area contributed by atoms with Crippen molar-refractivity contribution in [3.05, 3.63) is 71.1 Å². The second kappa shape index (κ2) is 9.92. The molecule has 2 aromatic heterocycles. The molecule has 0 bridgehead atoms. The number of para-hydroxylation sites is 1. The van der Waals surface area contributed by atoms with E-state index in [1.165, 1.54) is 0 Å². The first-order valence-corrected chi connectivity index (χ1v) is 12.3. The minimum Gasteiger partial charge on any atom is -0.352 e. The Morgan fingerprint density at radius 2 is 1.71 bits per heavy atom. The molecule has 0 spiro atoms. The number of amides is 2. The molecule has 0 saturated carbocycles. The SMILES string of the molecule is CCCc1nc(N2CCN(C(=O)Nc3ccc(Cl)cc3)CC2)c2c(C)nn(-c3ccccc3)c2n1. The number of benzene rings is 2. The van der Waals surface area contributed by atoms with Crippen LogP contribution in [-0.4, -0.2) is 56.9 Å². The predicted octanol–water partition coefficient (Wildman–Crippen LogP) is 5.08. The van der Waals surface area contributed by atoms with E-state index in [2.05, 4.69) is 17.1 Å². The molecule has 0 atom stereocenters. The van der Waals surface area contributed by atoms with Crippen molar-refractivity contribution >= 4 is 40.2 Å². The summed E-state index contributed by atoms with van der Waals surface area (Å²) in [6, 6.07) is 17.1. The maximum absolute atomic E-state index is 12.8. The van der Waals surface area contributed by atoms with Gasteiger partial charge in [0, 0.05) is 43.3 Å². The monoisotopic (exact) mass is 489 g/mol. The van der Waals surface area contributed by atoms with Gasteiger partial charge in [-0.3, -0.25) is 0 Å². The summed E-state index contributed by atoms with van der Waals surface area (Å²) in [6.45, 7) is 6.69. The van der Waals surface area contributed by atoms with Crippen molar-refractivity contribution in [1.29, 1.82) is 0 Å². The predicted molar refractivity (Wildman–Crippen MR) is 140 cm³/mol. The van der Waals surface area contributed by atoms with Crippen LogP contribution in [0, 0.1) is 6.92 Å². The zero-order valence-corrected chi connectivity index (χ0v) is 20.7. The number of anilines is 2. The van der Waals surface area contributed by atoms with E-state index in [0.717, 1.165) is 52.6 Å². The van der Waals surface area contributed by atoms with Gasteiger partial charge in [-0.1, -0.05) is 36.7 Å². The van der Waals surface area contributed by atoms with Crippen molar-refractivity contribution in [3.8, 4) is 5.69 Å². The molecule has 1 aliphatic heterocycles. The fraction of sp³-hybridized carbons (Fsp3) is 0.308. The Labute approximate surface area is 209 Å². The van der Waals surface area contributed by atoms with Crippen molar-refractivity contribution < 1.29 is 4.79 Å². The van der Waals surface area contributed by atoms with Crippen LogP contribution in [0.1, 0.15) is 24.9 Å². The van der Waals surface area contributed by atoms with Crippen LogP contribution in [0.5, 0.6) is 0 Å². The number of hydrogen-bond acceptors (Lipinski definition) is 5. The first-order valence-electron chi connectivity index (χ1n) is 11.9. The highest BCUT2D eigenvalue weighted by Gasteiger charge is 2.26. The molecule has 35 heavy (non-hydrogen) atoms. The summed E-state index contributed by atoms with van der Waals surface area (Å²) < 4.78 is 1.91. The van der Waals surface area contributed by atoms with Crippen molar-refractivity contribution in [3.63, 3.8) is 0 Å². The highest BCUT2D eigenvalue weighted by Crippen LogP contribution is 2.30. The maximum atomic E-state index is 12.8. The molecular weight excluding hydrogens is 462 g/mol. The van der Waals surface area contributed by atoms with E-state index in [-0.39, 0.29) is 6.03 Å². The first-order chi connectivity index (χ1) is 17.0. The van der Waals surface area contributed by atoms with E-state index in [9.17, 15) is 4.79 Å². The van der Waals surface area contributed by atoms with Gasteiger partial charge in [0.05, 0.1) is 16.8 Å². The van der Waals surface area contributed by atoms with E-state index in [1.807, 2.05) is 46.8 Å². The third-order valence-electron chi connectivity index (χ3n) is 6.17. The maximum Gasteiger partial charge on any atom is 0.321 e. The van der Waals surface area contributed by atoms with Crippen LogP contribution in [0.15, 0.2) is 54.6 Å². The molecule has 1 fully saturated rings. The lowest BCUT2D eigenvalue weighted by molar-refractivity contribution is 0.208. The van der Waals surface area contributed by atoms with Gasteiger partial charge in [0.1, 0.15) is 11.6 Å². The number of carbonyl (C=O) groups is 1. The van der Waals surface area contributed by atoms with Crippen LogP contribution in [0.3, 0.4) is 0 Å². The number of urea groups is 1. The number of nitrogens with zero attached hydrogens (tertiary/aromatic N) is 6. The Morgan fingerprint density at radius 1 is 1.00 bits per heavy atom. The quantitative estimate of drug-likeness (QED) is 0.422. The summed E-state index contributed by atoms with van der Waals surface area (Å²) in [7, 11) is 0. The molecule has 2 aromatic carbocycles. The average molecular weight is 490 g/mol. The van der Waals surface area contributed by atoms with Gasteiger partial charge >= 0.3 is 6.03 Å². The molecule has 0 aliphatic carbocycles. The normalized spacial score (nSPS) is 13.9. The minimum atomic E-state index is -0.112. The molecule has 0 unspecified atom stereocenters. The summed E-state index contributed by atoms with van der Waals surface area (Å²) in [4.78, 5) is 26.7. The second-order valence-corrected chi connectivity index (χ2v) is 9.09. The number of nitrogens with one attached hydrogen (secondary N) is 1. The van der Waals surface area contributed by atoms with Gasteiger partial charge in [-0.15, -0.1) is 0 Å². The molecule has 3 heterocycles. The van der Waals surface area contributed by atoms with Gasteiger partial charge in [0.15, 0.2) is 5.65 Å². The number of piperazine rings is 1. The van der Waals surface area contributed by atoms with Crippen molar-refractivity contribution in [2.45, 2.75) is 26.7 Å². The van der Waals surface area contributed by atoms with Crippen LogP contribution in [0.2, 0.25) is 5.02 Å². The molecule has 5 rings (SSSR count). The number of carbonyl (C=O) groups excluding carboxylic acids is 1. The third kappa shape index (κ3) is 4.79. The van der Waals surface area contributed by atoms with E-state index in [1.54, 1.807) is 24.3 Å². The highest BCUT2D eigenvalue weighted by atomic mass is 35.5. The Bertz CT molecular complexity index is 1330. The molecule has 4 aromatic rings. The minimum absolute atomic E-state index is 0.112. The molecule has 8 nitrogen and oxygen atoms in total. The highest BCUT2D eigenvalue weighted by molar-refractivity contribution is 6.30. The molecular formula is C26H28ClN7O. The van der Waals surface area contributed by atoms with Crippen molar-refractivity contribution in [2.75, 3.05) is 36.4 Å². The Kier molecular flexibility index (Phi) is 6.55. The zero-order valence-electron chi connectivity index (χ0n) is 19.9. The molecule has 180 valence electrons. The molecule has 2 amide bonds. The van der Waals surface area contributed by atoms with Gasteiger partial charge in [-0.25, -0.2) is 19.4 Å². The fourth-order valence-corrected chi connectivity index (χ4v) is 4.50. The summed E-state index contributed by atoms with van der Waals surface area (Å²) in [5.74, 6) is 1.71. The molecule has 1 aliphatic rings. The van der Waals surface area contributed by atoms with E-state index in [4.69, 9.17) is 26.7 Å². The van der Waals surface area contributed by atoms with Crippen LogP contribution in [-0.2, 0) is 6.42 Å². The molecule has 1 saturated heterocycles. The van der Waals surface area contributed by atoms with Crippen molar-refractivity contribution in [1.82, 2.24) is 24.6 Å². The van der Waals surface area contributed by atoms with Gasteiger partial charge in [0.25, 0.3) is 0 Å². The summed E-state index contributed by atoms with van der Waals surface area (Å²) >= 11 is 5.95. The Balaban J connectivity index is 1.40. The lowest BCUT2D eigenvalue weighted by Crippen LogP contribution is -2.50. The third-order valence-corrected chi connectivity index (χ3v) is 6.42. The topological polar surface area (TPSA) is 79.2 Å². The zero-order chi connectivity index (χ0) is 24.4. The van der Waals surface area contributed by atoms with E-state index < -0.39 is 0 Å². The molecule has 0 radical (unpaired) electrons. The van der Waals surface area contributed by atoms with Gasteiger partial charge in [-0.2, -0.15) is 5.10 Å². The van der Waals surface area contributed by atoms with Gasteiger partial charge < -0.3 is 15.1 Å². The number of halogens is 1. The first kappa shape index (κ1) is 23.1. The van der Waals surface area contributed by atoms with E-state index >= 15 is 0 Å². The van der Waals surface area contributed by atoms with Crippen molar-refractivity contribution in [2.24, 2.45) is 0 Å². The van der Waals surface area contributed by atoms with Gasteiger partial charge in [0.2, 0.25) is 0 Å². The van der Waals surface area contributed by atoms with Crippen LogP contribution in [0.4, 0.5) is 16.3 Å². The number of fused-ring (bicyclic) bond motifs is 1.